The molecule has 0 atom stereocenters. The summed E-state index contributed by atoms with van der Waals surface area (Å²) in [6, 6.07) is 16.2. The molecule has 0 spiro atoms. The van der Waals surface area contributed by atoms with E-state index in [9.17, 15) is 9.90 Å². The second-order valence-electron chi connectivity index (χ2n) is 6.46. The molecule has 0 aliphatic rings. The molecular formula is C22H21N3O3. The first-order valence-corrected chi connectivity index (χ1v) is 8.75. The fourth-order valence-corrected chi connectivity index (χ4v) is 3.00. The number of hydrogen-bond donors (Lipinski definition) is 2. The van der Waals surface area contributed by atoms with E-state index in [-0.39, 0.29) is 17.4 Å². The number of nitrogens with two attached hydrogens (primary N) is 1. The van der Waals surface area contributed by atoms with Crippen LogP contribution in [0.1, 0.15) is 39.9 Å². The quantitative estimate of drug-likeness (QED) is 0.689. The number of hydrogen-bond acceptors (Lipinski definition) is 5. The van der Waals surface area contributed by atoms with Crippen molar-refractivity contribution in [1.29, 1.82) is 0 Å². The molecule has 3 N–H and O–H groups in total. The van der Waals surface area contributed by atoms with Gasteiger partial charge >= 0.3 is 5.97 Å². The minimum absolute atomic E-state index is 0.138. The van der Waals surface area contributed by atoms with Gasteiger partial charge in [0.15, 0.2) is 11.5 Å². The molecule has 28 heavy (non-hydrogen) atoms. The van der Waals surface area contributed by atoms with E-state index < -0.39 is 5.97 Å². The number of aryl methyl sites for hydroxylation is 2. The highest BCUT2D eigenvalue weighted by atomic mass is 16.5. The topological polar surface area (TPSA) is 98.3 Å². The van der Waals surface area contributed by atoms with Gasteiger partial charge in [0, 0.05) is 17.3 Å². The van der Waals surface area contributed by atoms with Crippen LogP contribution in [-0.4, -0.2) is 21.0 Å². The van der Waals surface area contributed by atoms with E-state index in [0.29, 0.717) is 17.0 Å². The van der Waals surface area contributed by atoms with Gasteiger partial charge in [-0.1, -0.05) is 36.4 Å². The molecule has 0 radical (unpaired) electrons. The average Bonchev–Trinajstić information content (AvgIpc) is 2.65. The third kappa shape index (κ3) is 4.01. The van der Waals surface area contributed by atoms with E-state index in [0.717, 1.165) is 16.7 Å². The number of rotatable bonds is 5. The van der Waals surface area contributed by atoms with Crippen LogP contribution in [0.25, 0.3) is 5.57 Å². The molecule has 2 aromatic carbocycles. The predicted octanol–water partition coefficient (Wildman–Crippen LogP) is 4.32. The van der Waals surface area contributed by atoms with E-state index in [1.165, 1.54) is 6.07 Å². The number of carboxylic acids is 1. The first kappa shape index (κ1) is 19.1. The largest absolute Gasteiger partial charge is 0.477 e. The summed E-state index contributed by atoms with van der Waals surface area (Å²) in [5.74, 6) is -0.274. The van der Waals surface area contributed by atoms with Crippen molar-refractivity contribution < 1.29 is 14.6 Å². The zero-order valence-corrected chi connectivity index (χ0v) is 15.9. The lowest BCUT2D eigenvalue weighted by molar-refractivity contribution is 0.0689. The molecule has 6 nitrogen and oxygen atoms in total. The van der Waals surface area contributed by atoms with Crippen molar-refractivity contribution in [2.45, 2.75) is 20.8 Å². The number of carbonyl (C=O) groups is 1. The molecule has 3 aromatic rings. The van der Waals surface area contributed by atoms with Gasteiger partial charge in [0.1, 0.15) is 5.75 Å². The average molecular weight is 375 g/mol. The zero-order valence-electron chi connectivity index (χ0n) is 15.9. The molecule has 0 saturated heterocycles. The molecule has 0 bridgehead atoms. The van der Waals surface area contributed by atoms with E-state index in [2.05, 4.69) is 9.97 Å². The van der Waals surface area contributed by atoms with Crippen molar-refractivity contribution in [2.75, 3.05) is 0 Å². The third-order valence-electron chi connectivity index (χ3n) is 4.24. The van der Waals surface area contributed by atoms with Gasteiger partial charge in [0.2, 0.25) is 5.88 Å². The highest BCUT2D eigenvalue weighted by Gasteiger charge is 2.20. The normalized spacial score (nSPS) is 11.7. The van der Waals surface area contributed by atoms with Crippen LogP contribution in [0.3, 0.4) is 0 Å². The number of aromatic carboxylic acids is 1. The van der Waals surface area contributed by atoms with Gasteiger partial charge in [-0.25, -0.2) is 9.78 Å². The molecule has 0 unspecified atom stereocenters. The van der Waals surface area contributed by atoms with Crippen molar-refractivity contribution in [3.05, 3.63) is 88.5 Å². The molecule has 0 aliphatic carbocycles. The van der Waals surface area contributed by atoms with E-state index >= 15 is 0 Å². The zero-order chi connectivity index (χ0) is 20.3. The van der Waals surface area contributed by atoms with Crippen LogP contribution in [-0.2, 0) is 0 Å². The number of nitrogens with zero attached hydrogens (tertiary/aromatic N) is 2. The monoisotopic (exact) mass is 375 g/mol. The summed E-state index contributed by atoms with van der Waals surface area (Å²) in [6.07, 6.45) is 0. The standard InChI is InChI=1S/C22H21N3O3/c1-13-8-7-9-14(2)19(13)20(15(3)23)21-24-17(22(26)27)12-18(25-21)28-16-10-5-4-6-11-16/h4-12H,23H2,1-3H3,(H,26,27). The van der Waals surface area contributed by atoms with Crippen molar-refractivity contribution in [1.82, 2.24) is 9.97 Å². The number of ether oxygens (including phenoxy) is 1. The predicted molar refractivity (Wildman–Crippen MR) is 107 cm³/mol. The number of aromatic nitrogens is 2. The summed E-state index contributed by atoms with van der Waals surface area (Å²) in [7, 11) is 0. The maximum absolute atomic E-state index is 11.6. The van der Waals surface area contributed by atoms with Crippen LogP contribution in [0.4, 0.5) is 0 Å². The third-order valence-corrected chi connectivity index (χ3v) is 4.24. The molecular weight excluding hydrogens is 354 g/mol. The summed E-state index contributed by atoms with van der Waals surface area (Å²) in [4.78, 5) is 20.3. The summed E-state index contributed by atoms with van der Waals surface area (Å²) in [5, 5.41) is 9.51. The van der Waals surface area contributed by atoms with Gasteiger partial charge in [0.25, 0.3) is 0 Å². The summed E-state index contributed by atoms with van der Waals surface area (Å²) < 4.78 is 5.76. The number of carboxylic acid groups (broad SMARTS) is 1. The van der Waals surface area contributed by atoms with Crippen LogP contribution in [0, 0.1) is 13.8 Å². The molecule has 3 rings (SSSR count). The maximum Gasteiger partial charge on any atom is 0.354 e. The summed E-state index contributed by atoms with van der Waals surface area (Å²) in [6.45, 7) is 5.68. The number of para-hydroxylation sites is 1. The Morgan fingerprint density at radius 3 is 2.21 bits per heavy atom. The van der Waals surface area contributed by atoms with Gasteiger partial charge in [-0.15, -0.1) is 0 Å². The molecule has 0 fully saturated rings. The van der Waals surface area contributed by atoms with Gasteiger partial charge in [-0.05, 0) is 49.6 Å². The van der Waals surface area contributed by atoms with Crippen molar-refractivity contribution in [3.8, 4) is 11.6 Å². The number of allylic oxidation sites excluding steroid dienone is 1. The fourth-order valence-electron chi connectivity index (χ4n) is 3.00. The summed E-state index contributed by atoms with van der Waals surface area (Å²) in [5.41, 5.74) is 9.97. The van der Waals surface area contributed by atoms with Crippen LogP contribution in [0.5, 0.6) is 11.6 Å². The Bertz CT molecular complexity index is 1040. The number of benzene rings is 2. The summed E-state index contributed by atoms with van der Waals surface area (Å²) >= 11 is 0. The van der Waals surface area contributed by atoms with E-state index in [1.807, 2.05) is 50.2 Å². The second kappa shape index (κ2) is 7.92. The molecule has 1 aromatic heterocycles. The molecule has 6 heteroatoms. The first-order valence-electron chi connectivity index (χ1n) is 8.75. The van der Waals surface area contributed by atoms with Gasteiger partial charge in [-0.3, -0.25) is 0 Å². The maximum atomic E-state index is 11.6. The van der Waals surface area contributed by atoms with Crippen molar-refractivity contribution >= 4 is 11.5 Å². The second-order valence-corrected chi connectivity index (χ2v) is 6.46. The lowest BCUT2D eigenvalue weighted by Crippen LogP contribution is -2.11. The highest BCUT2D eigenvalue weighted by molar-refractivity contribution is 5.87. The highest BCUT2D eigenvalue weighted by Crippen LogP contribution is 2.30. The molecule has 1 heterocycles. The van der Waals surface area contributed by atoms with Gasteiger partial charge < -0.3 is 15.6 Å². The Morgan fingerprint density at radius 1 is 1.00 bits per heavy atom. The molecule has 142 valence electrons. The molecule has 0 saturated carbocycles. The van der Waals surface area contributed by atoms with Gasteiger partial charge in [-0.2, -0.15) is 4.98 Å². The van der Waals surface area contributed by atoms with Crippen LogP contribution in [0.2, 0.25) is 0 Å². The molecule has 0 amide bonds. The van der Waals surface area contributed by atoms with Crippen molar-refractivity contribution in [2.24, 2.45) is 5.73 Å². The lowest BCUT2D eigenvalue weighted by Gasteiger charge is -2.16. The smallest absolute Gasteiger partial charge is 0.354 e. The lowest BCUT2D eigenvalue weighted by atomic mass is 9.94. The van der Waals surface area contributed by atoms with E-state index in [4.69, 9.17) is 10.5 Å². The Kier molecular flexibility index (Phi) is 5.40. The Labute approximate surface area is 163 Å². The molecule has 0 aliphatic heterocycles. The minimum Gasteiger partial charge on any atom is -0.477 e. The Morgan fingerprint density at radius 2 is 1.64 bits per heavy atom. The van der Waals surface area contributed by atoms with Crippen LogP contribution >= 0.6 is 0 Å². The van der Waals surface area contributed by atoms with E-state index in [1.54, 1.807) is 19.1 Å². The van der Waals surface area contributed by atoms with Crippen LogP contribution < -0.4 is 10.5 Å². The Balaban J connectivity index is 2.18. The van der Waals surface area contributed by atoms with Gasteiger partial charge in [0.05, 0.1) is 0 Å². The Hall–Kier alpha value is -3.67. The van der Waals surface area contributed by atoms with Crippen molar-refractivity contribution in [3.63, 3.8) is 0 Å². The SMILES string of the molecule is CC(N)=C(c1nc(Oc2ccccc2)cc(C(=O)O)n1)c1c(C)cccc1C. The van der Waals surface area contributed by atoms with Crippen LogP contribution in [0.15, 0.2) is 60.3 Å². The first-order chi connectivity index (χ1) is 13.4. The minimum atomic E-state index is -1.17. The fraction of sp³-hybridized carbons (Fsp3) is 0.136.